The lowest BCUT2D eigenvalue weighted by atomic mass is 10.5. The second kappa shape index (κ2) is 2.02. The normalized spacial score (nSPS) is 10.6. The Morgan fingerprint density at radius 2 is 2.27 bits per heavy atom. The minimum absolute atomic E-state index is 0.400. The third-order valence-corrected chi connectivity index (χ3v) is 1.54. The number of imidazole rings is 1. The van der Waals surface area contributed by atoms with Crippen LogP contribution in [0.1, 0.15) is 0 Å². The summed E-state index contributed by atoms with van der Waals surface area (Å²) in [4.78, 5) is 14.6. The molecule has 11 heavy (non-hydrogen) atoms. The lowest BCUT2D eigenvalue weighted by Crippen LogP contribution is -2.15. The first kappa shape index (κ1) is 6.29. The summed E-state index contributed by atoms with van der Waals surface area (Å²) in [7, 11) is 3.16. The van der Waals surface area contributed by atoms with Crippen LogP contribution in [0.4, 0.5) is 5.82 Å². The number of rotatable bonds is 0. The molecular weight excluding hydrogens is 158 g/mol. The second-order valence-electron chi connectivity index (χ2n) is 2.03. The monoisotopic (exact) mass is 162 g/mol. The number of aromatic nitrogens is 4. The summed E-state index contributed by atoms with van der Waals surface area (Å²) in [5, 5.41) is 0. The highest BCUT2D eigenvalue weighted by Gasteiger charge is 2.02. The molecule has 3 N–H and O–H groups in total. The molecule has 0 atom stereocenters. The van der Waals surface area contributed by atoms with Crippen LogP contribution < -0.4 is 11.2 Å². The highest BCUT2D eigenvalue weighted by atomic mass is 28.1. The maximum absolute atomic E-state index is 5.55. The molecule has 0 aliphatic rings. The Morgan fingerprint density at radius 3 is 3.09 bits per heavy atom. The van der Waals surface area contributed by atoms with Crippen LogP contribution in [0.3, 0.4) is 0 Å². The van der Waals surface area contributed by atoms with Crippen molar-refractivity contribution in [2.45, 2.75) is 0 Å². The van der Waals surface area contributed by atoms with E-state index in [4.69, 9.17) is 5.73 Å². The van der Waals surface area contributed by atoms with E-state index in [1.165, 1.54) is 6.33 Å². The van der Waals surface area contributed by atoms with Crippen molar-refractivity contribution < 1.29 is 0 Å². The van der Waals surface area contributed by atoms with Gasteiger partial charge in [0.05, 0.1) is 6.33 Å². The standard InChI is InChI=1S/C5H4N5Si/c6-3-2-4(8-1-7-2)10-5(11)9-3/h1H,(H3,6,7,8,9,10). The summed E-state index contributed by atoms with van der Waals surface area (Å²) in [6.45, 7) is 0. The van der Waals surface area contributed by atoms with E-state index in [0.29, 0.717) is 22.4 Å². The van der Waals surface area contributed by atoms with E-state index in [1.807, 2.05) is 0 Å². The summed E-state index contributed by atoms with van der Waals surface area (Å²) in [6, 6.07) is 0. The van der Waals surface area contributed by atoms with Gasteiger partial charge in [-0.15, -0.1) is 0 Å². The highest BCUT2D eigenvalue weighted by molar-refractivity contribution is 6.29. The van der Waals surface area contributed by atoms with E-state index < -0.39 is 0 Å². The van der Waals surface area contributed by atoms with Gasteiger partial charge < -0.3 is 10.7 Å². The van der Waals surface area contributed by atoms with Gasteiger partial charge in [-0.3, -0.25) is 0 Å². The van der Waals surface area contributed by atoms with Crippen molar-refractivity contribution in [1.29, 1.82) is 0 Å². The molecule has 5 nitrogen and oxygen atoms in total. The fourth-order valence-corrected chi connectivity index (χ4v) is 1.08. The summed E-state index contributed by atoms with van der Waals surface area (Å²) in [5.74, 6) is 0.400. The van der Waals surface area contributed by atoms with Gasteiger partial charge in [0.25, 0.3) is 0 Å². The number of anilines is 1. The third-order valence-electron chi connectivity index (χ3n) is 1.31. The van der Waals surface area contributed by atoms with Gasteiger partial charge in [-0.25, -0.2) is 15.0 Å². The van der Waals surface area contributed by atoms with E-state index in [1.54, 1.807) is 0 Å². The maximum atomic E-state index is 5.55. The van der Waals surface area contributed by atoms with Crippen LogP contribution in [0.25, 0.3) is 11.2 Å². The number of aromatic amines is 1. The molecule has 2 heterocycles. The van der Waals surface area contributed by atoms with Crippen LogP contribution >= 0.6 is 0 Å². The van der Waals surface area contributed by atoms with Crippen LogP contribution in [-0.2, 0) is 0 Å². The van der Waals surface area contributed by atoms with Crippen molar-refractivity contribution in [2.75, 3.05) is 5.73 Å². The van der Waals surface area contributed by atoms with Crippen molar-refractivity contribution in [3.8, 4) is 0 Å². The SMILES string of the molecule is Nc1nc([Si])nc2nc[nH]c12. The number of hydrogen-bond acceptors (Lipinski definition) is 4. The van der Waals surface area contributed by atoms with Crippen molar-refractivity contribution in [2.24, 2.45) is 0 Å². The van der Waals surface area contributed by atoms with E-state index >= 15 is 0 Å². The molecule has 0 unspecified atom stereocenters. The molecule has 6 heteroatoms. The zero-order chi connectivity index (χ0) is 7.84. The van der Waals surface area contributed by atoms with Crippen molar-refractivity contribution >= 4 is 32.7 Å². The zero-order valence-corrected chi connectivity index (χ0v) is 6.50. The maximum Gasteiger partial charge on any atom is 0.182 e. The lowest BCUT2D eigenvalue weighted by molar-refractivity contribution is 1.27. The number of nitrogen functional groups attached to an aromatic ring is 1. The number of hydrogen-bond donors (Lipinski definition) is 2. The smallest absolute Gasteiger partial charge is 0.182 e. The number of H-pyrrole nitrogens is 1. The largest absolute Gasteiger partial charge is 0.382 e. The molecule has 0 aliphatic carbocycles. The Morgan fingerprint density at radius 1 is 1.45 bits per heavy atom. The molecule has 0 aliphatic heterocycles. The van der Waals surface area contributed by atoms with Gasteiger partial charge in [0.2, 0.25) is 0 Å². The van der Waals surface area contributed by atoms with Gasteiger partial charge >= 0.3 is 0 Å². The molecule has 2 rings (SSSR count). The van der Waals surface area contributed by atoms with Crippen LogP contribution in [0.5, 0.6) is 0 Å². The molecule has 0 saturated carbocycles. The van der Waals surface area contributed by atoms with Gasteiger partial charge in [0.15, 0.2) is 11.5 Å². The first-order valence-electron chi connectivity index (χ1n) is 2.95. The molecule has 0 amide bonds. The topological polar surface area (TPSA) is 80.5 Å². The molecule has 0 saturated heterocycles. The number of nitrogens with zero attached hydrogens (tertiary/aromatic N) is 3. The van der Waals surface area contributed by atoms with Gasteiger partial charge in [-0.05, 0) is 0 Å². The first-order valence-corrected chi connectivity index (χ1v) is 3.45. The van der Waals surface area contributed by atoms with Crippen LogP contribution in [0.15, 0.2) is 6.33 Å². The predicted octanol–water partition coefficient (Wildman–Crippen LogP) is -1.27. The van der Waals surface area contributed by atoms with E-state index in [9.17, 15) is 0 Å². The van der Waals surface area contributed by atoms with Gasteiger partial charge in [0.1, 0.15) is 21.2 Å². The summed E-state index contributed by atoms with van der Waals surface area (Å²) >= 11 is 0. The quantitative estimate of drug-likeness (QED) is 0.473. The van der Waals surface area contributed by atoms with Gasteiger partial charge in [0, 0.05) is 0 Å². The average molecular weight is 162 g/mol. The summed E-state index contributed by atoms with van der Waals surface area (Å²) in [6.07, 6.45) is 1.53. The summed E-state index contributed by atoms with van der Waals surface area (Å²) < 4.78 is 0. The first-order chi connectivity index (χ1) is 5.27. The van der Waals surface area contributed by atoms with Crippen molar-refractivity contribution in [3.05, 3.63) is 6.33 Å². The van der Waals surface area contributed by atoms with E-state index in [2.05, 4.69) is 30.2 Å². The van der Waals surface area contributed by atoms with E-state index in [-0.39, 0.29) is 0 Å². The van der Waals surface area contributed by atoms with Crippen LogP contribution in [0, 0.1) is 0 Å². The molecule has 0 fully saturated rings. The minimum atomic E-state index is 0.400. The zero-order valence-electron chi connectivity index (χ0n) is 5.50. The fraction of sp³-hybridized carbons (Fsp3) is 0. The van der Waals surface area contributed by atoms with Gasteiger partial charge in [-0.2, -0.15) is 0 Å². The fourth-order valence-electron chi connectivity index (χ4n) is 0.856. The molecule has 2 aromatic heterocycles. The Hall–Kier alpha value is -1.43. The highest BCUT2D eigenvalue weighted by Crippen LogP contribution is 2.08. The summed E-state index contributed by atoms with van der Waals surface area (Å²) in [5.41, 5.74) is 7.24. The van der Waals surface area contributed by atoms with Crippen molar-refractivity contribution in [3.63, 3.8) is 0 Å². The molecular formula is C5H4N5Si. The lowest BCUT2D eigenvalue weighted by Gasteiger charge is -1.94. The number of nitrogens with one attached hydrogen (secondary N) is 1. The average Bonchev–Trinajstić information content (AvgIpc) is 2.34. The van der Waals surface area contributed by atoms with Crippen LogP contribution in [0.2, 0.25) is 0 Å². The minimum Gasteiger partial charge on any atom is -0.382 e. The number of fused-ring (bicyclic) bond motifs is 1. The molecule has 0 aromatic carbocycles. The molecule has 0 bridgehead atoms. The van der Waals surface area contributed by atoms with Crippen molar-refractivity contribution in [1.82, 2.24) is 19.9 Å². The van der Waals surface area contributed by atoms with E-state index in [0.717, 1.165) is 0 Å². The third kappa shape index (κ3) is 0.873. The Kier molecular flexibility index (Phi) is 1.16. The molecule has 2 aromatic rings. The molecule has 0 spiro atoms. The predicted molar refractivity (Wildman–Crippen MR) is 41.5 cm³/mol. The van der Waals surface area contributed by atoms with Gasteiger partial charge in [-0.1, -0.05) is 0 Å². The Bertz CT molecular complexity index is 395. The Labute approximate surface area is 65.5 Å². The molecule has 3 radical (unpaired) electrons. The Balaban J connectivity index is 2.91. The second-order valence-corrected chi connectivity index (χ2v) is 2.48. The number of nitrogens with two attached hydrogens (primary N) is 1. The van der Waals surface area contributed by atoms with Crippen LogP contribution in [-0.4, -0.2) is 30.2 Å². The molecule has 53 valence electrons.